The first-order valence-corrected chi connectivity index (χ1v) is 7.31. The smallest absolute Gasteiger partial charge is 0.306 e. The topological polar surface area (TPSA) is 29.5 Å². The predicted molar refractivity (Wildman–Crippen MR) is 76.0 cm³/mol. The van der Waals surface area contributed by atoms with Crippen molar-refractivity contribution in [2.24, 2.45) is 5.92 Å². The minimum absolute atomic E-state index is 0.194. The molecule has 0 spiro atoms. The average molecular weight is 297 g/mol. The molecule has 1 aromatic rings. The van der Waals surface area contributed by atoms with Crippen LogP contribution in [-0.2, 0) is 16.1 Å². The molecule has 1 heterocycles. The third-order valence-corrected chi connectivity index (χ3v) is 3.79. The SMILES string of the molecule is CCOC(=O)CC1CCN(Cc2ccccc2)CC1(F)F. The van der Waals surface area contributed by atoms with E-state index in [1.165, 1.54) is 0 Å². The summed E-state index contributed by atoms with van der Waals surface area (Å²) in [5.41, 5.74) is 1.03. The van der Waals surface area contributed by atoms with Crippen molar-refractivity contribution in [3.63, 3.8) is 0 Å². The van der Waals surface area contributed by atoms with Crippen LogP contribution in [0.2, 0.25) is 0 Å². The van der Waals surface area contributed by atoms with Crippen LogP contribution < -0.4 is 0 Å². The lowest BCUT2D eigenvalue weighted by atomic mass is 9.89. The first-order chi connectivity index (χ1) is 10.0. The van der Waals surface area contributed by atoms with Crippen LogP contribution in [-0.4, -0.2) is 36.5 Å². The molecule has 0 aliphatic carbocycles. The van der Waals surface area contributed by atoms with Gasteiger partial charge in [0.15, 0.2) is 0 Å². The van der Waals surface area contributed by atoms with Gasteiger partial charge in [-0.1, -0.05) is 30.3 Å². The monoisotopic (exact) mass is 297 g/mol. The number of benzene rings is 1. The molecule has 0 aromatic heterocycles. The second-order valence-corrected chi connectivity index (χ2v) is 5.45. The summed E-state index contributed by atoms with van der Waals surface area (Å²) in [5.74, 6) is -4.29. The largest absolute Gasteiger partial charge is 0.466 e. The Kier molecular flexibility index (Phi) is 5.28. The molecule has 1 unspecified atom stereocenters. The maximum Gasteiger partial charge on any atom is 0.306 e. The molecule has 5 heteroatoms. The van der Waals surface area contributed by atoms with Gasteiger partial charge < -0.3 is 4.74 Å². The Morgan fingerprint density at radius 1 is 1.38 bits per heavy atom. The normalized spacial score (nSPS) is 22.0. The Morgan fingerprint density at radius 2 is 2.10 bits per heavy atom. The van der Waals surface area contributed by atoms with Crippen LogP contribution in [0.15, 0.2) is 30.3 Å². The molecule has 21 heavy (non-hydrogen) atoms. The van der Waals surface area contributed by atoms with Crippen molar-refractivity contribution in [1.82, 2.24) is 4.90 Å². The minimum Gasteiger partial charge on any atom is -0.466 e. The van der Waals surface area contributed by atoms with Crippen molar-refractivity contribution in [2.75, 3.05) is 19.7 Å². The number of alkyl halides is 2. The third kappa shape index (κ3) is 4.49. The molecule has 0 radical (unpaired) electrons. The summed E-state index contributed by atoms with van der Waals surface area (Å²) in [4.78, 5) is 13.1. The summed E-state index contributed by atoms with van der Waals surface area (Å²) in [6, 6.07) is 9.58. The van der Waals surface area contributed by atoms with Gasteiger partial charge in [-0.15, -0.1) is 0 Å². The molecule has 1 aromatic carbocycles. The zero-order valence-corrected chi connectivity index (χ0v) is 12.2. The van der Waals surface area contributed by atoms with E-state index < -0.39 is 17.8 Å². The van der Waals surface area contributed by atoms with E-state index >= 15 is 0 Å². The lowest BCUT2D eigenvalue weighted by molar-refractivity contribution is -0.155. The van der Waals surface area contributed by atoms with Crippen molar-refractivity contribution in [3.8, 4) is 0 Å². The number of hydrogen-bond donors (Lipinski definition) is 0. The standard InChI is InChI=1S/C16H21F2NO2/c1-2-21-15(20)10-14-8-9-19(12-16(14,17)18)11-13-6-4-3-5-7-13/h3-7,14H,2,8-12H2,1H3. The molecule has 0 N–H and O–H groups in total. The van der Waals surface area contributed by atoms with Crippen LogP contribution in [0.3, 0.4) is 0 Å². The van der Waals surface area contributed by atoms with Gasteiger partial charge >= 0.3 is 5.97 Å². The van der Waals surface area contributed by atoms with E-state index in [9.17, 15) is 13.6 Å². The molecule has 116 valence electrons. The number of carbonyl (C=O) groups is 1. The Balaban J connectivity index is 1.91. The highest BCUT2D eigenvalue weighted by Gasteiger charge is 2.45. The summed E-state index contributed by atoms with van der Waals surface area (Å²) in [6.45, 7) is 2.71. The van der Waals surface area contributed by atoms with Gasteiger partial charge in [0.2, 0.25) is 0 Å². The van der Waals surface area contributed by atoms with Gasteiger partial charge in [0.25, 0.3) is 5.92 Å². The van der Waals surface area contributed by atoms with Crippen LogP contribution in [0.1, 0.15) is 25.3 Å². The Hall–Kier alpha value is -1.49. The number of carbonyl (C=O) groups excluding carboxylic acids is 1. The van der Waals surface area contributed by atoms with E-state index in [0.29, 0.717) is 19.5 Å². The molecular formula is C16H21F2NO2. The minimum atomic E-state index is -2.85. The maximum atomic E-state index is 14.2. The zero-order valence-electron chi connectivity index (χ0n) is 12.2. The number of nitrogens with zero attached hydrogens (tertiary/aromatic N) is 1. The van der Waals surface area contributed by atoms with Crippen LogP contribution >= 0.6 is 0 Å². The molecule has 1 aliphatic heterocycles. The predicted octanol–water partition coefficient (Wildman–Crippen LogP) is 3.10. The van der Waals surface area contributed by atoms with Crippen LogP contribution in [0.5, 0.6) is 0 Å². The summed E-state index contributed by atoms with van der Waals surface area (Å²) < 4.78 is 33.1. The average Bonchev–Trinajstić information content (AvgIpc) is 2.43. The molecule has 0 saturated carbocycles. The highest BCUT2D eigenvalue weighted by atomic mass is 19.3. The molecular weight excluding hydrogens is 276 g/mol. The maximum absolute atomic E-state index is 14.2. The highest BCUT2D eigenvalue weighted by molar-refractivity contribution is 5.69. The highest BCUT2D eigenvalue weighted by Crippen LogP contribution is 2.35. The van der Waals surface area contributed by atoms with Crippen molar-refractivity contribution >= 4 is 5.97 Å². The van der Waals surface area contributed by atoms with E-state index in [-0.39, 0.29) is 19.6 Å². The molecule has 1 fully saturated rings. The van der Waals surface area contributed by atoms with Gasteiger partial charge in [-0.25, -0.2) is 8.78 Å². The Morgan fingerprint density at radius 3 is 2.71 bits per heavy atom. The number of esters is 1. The lowest BCUT2D eigenvalue weighted by Crippen LogP contribution is -2.48. The third-order valence-electron chi connectivity index (χ3n) is 3.79. The Bertz CT molecular complexity index is 465. The Labute approximate surface area is 123 Å². The van der Waals surface area contributed by atoms with E-state index in [2.05, 4.69) is 0 Å². The summed E-state index contributed by atoms with van der Waals surface area (Å²) in [6.07, 6.45) is 0.124. The molecule has 0 amide bonds. The van der Waals surface area contributed by atoms with Crippen LogP contribution in [0, 0.1) is 5.92 Å². The number of ether oxygens (including phenoxy) is 1. The number of halogens is 2. The van der Waals surface area contributed by atoms with E-state index in [1.54, 1.807) is 11.8 Å². The van der Waals surface area contributed by atoms with Crippen molar-refractivity contribution in [1.29, 1.82) is 0 Å². The fraction of sp³-hybridized carbons (Fsp3) is 0.562. The molecule has 3 nitrogen and oxygen atoms in total. The van der Waals surface area contributed by atoms with Gasteiger partial charge in [0, 0.05) is 12.5 Å². The zero-order chi connectivity index (χ0) is 15.3. The van der Waals surface area contributed by atoms with Crippen molar-refractivity contribution < 1.29 is 18.3 Å². The molecule has 1 aliphatic rings. The van der Waals surface area contributed by atoms with Crippen molar-refractivity contribution in [2.45, 2.75) is 32.2 Å². The first-order valence-electron chi connectivity index (χ1n) is 7.31. The van der Waals surface area contributed by atoms with Gasteiger partial charge in [-0.2, -0.15) is 0 Å². The molecule has 1 saturated heterocycles. The van der Waals surface area contributed by atoms with E-state index in [0.717, 1.165) is 5.56 Å². The quantitative estimate of drug-likeness (QED) is 0.782. The second-order valence-electron chi connectivity index (χ2n) is 5.45. The van der Waals surface area contributed by atoms with Gasteiger partial charge in [0.1, 0.15) is 0 Å². The lowest BCUT2D eigenvalue weighted by Gasteiger charge is -2.38. The molecule has 1 atom stereocenters. The first kappa shape index (κ1) is 15.9. The number of piperidine rings is 1. The van der Waals surface area contributed by atoms with Gasteiger partial charge in [-0.05, 0) is 25.5 Å². The van der Waals surface area contributed by atoms with E-state index in [1.807, 2.05) is 30.3 Å². The van der Waals surface area contributed by atoms with Crippen LogP contribution in [0.25, 0.3) is 0 Å². The summed E-state index contributed by atoms with van der Waals surface area (Å²) in [7, 11) is 0. The molecule has 0 bridgehead atoms. The summed E-state index contributed by atoms with van der Waals surface area (Å²) in [5, 5.41) is 0. The van der Waals surface area contributed by atoms with Gasteiger partial charge in [0.05, 0.1) is 19.6 Å². The number of rotatable bonds is 5. The second kappa shape index (κ2) is 6.98. The van der Waals surface area contributed by atoms with Gasteiger partial charge in [-0.3, -0.25) is 9.69 Å². The summed E-state index contributed by atoms with van der Waals surface area (Å²) >= 11 is 0. The fourth-order valence-corrected chi connectivity index (χ4v) is 2.70. The fourth-order valence-electron chi connectivity index (χ4n) is 2.70. The molecule has 2 rings (SSSR count). The van der Waals surface area contributed by atoms with Crippen molar-refractivity contribution in [3.05, 3.63) is 35.9 Å². The van der Waals surface area contributed by atoms with Crippen LogP contribution in [0.4, 0.5) is 8.78 Å². The number of likely N-dealkylation sites (tertiary alicyclic amines) is 1. The number of hydrogen-bond acceptors (Lipinski definition) is 3. The van der Waals surface area contributed by atoms with E-state index in [4.69, 9.17) is 4.74 Å².